The van der Waals surface area contributed by atoms with Crippen LogP contribution in [0.4, 0.5) is 10.5 Å². The lowest BCUT2D eigenvalue weighted by atomic mass is 10.0. The second-order valence-electron chi connectivity index (χ2n) is 5.30. The molecule has 5 heteroatoms. The number of anilines is 1. The zero-order valence-corrected chi connectivity index (χ0v) is 12.0. The van der Waals surface area contributed by atoms with Gasteiger partial charge in [0, 0.05) is 31.9 Å². The van der Waals surface area contributed by atoms with Gasteiger partial charge >= 0.3 is 6.03 Å². The van der Waals surface area contributed by atoms with Gasteiger partial charge in [0.25, 0.3) is 0 Å². The lowest BCUT2D eigenvalue weighted by Gasteiger charge is -2.32. The number of benzene rings is 1. The second kappa shape index (κ2) is 6.41. The Morgan fingerprint density at radius 1 is 1.20 bits per heavy atom. The summed E-state index contributed by atoms with van der Waals surface area (Å²) in [6.45, 7) is 6.57. The van der Waals surface area contributed by atoms with Crippen LogP contribution in [0.3, 0.4) is 0 Å². The Bertz CT molecular complexity index is 480. The second-order valence-corrected chi connectivity index (χ2v) is 5.30. The number of para-hydroxylation sites is 1. The monoisotopic (exact) mass is 275 g/mol. The molecule has 0 spiro atoms. The molecule has 3 amide bonds. The number of carbonyl (C=O) groups is 2. The fraction of sp³-hybridized carbons (Fsp3) is 0.467. The van der Waals surface area contributed by atoms with E-state index in [1.165, 1.54) is 0 Å². The molecule has 0 aliphatic carbocycles. The molecule has 0 saturated carbocycles. The van der Waals surface area contributed by atoms with Gasteiger partial charge in [-0.15, -0.1) is 0 Å². The molecule has 0 radical (unpaired) electrons. The van der Waals surface area contributed by atoms with Crippen molar-refractivity contribution in [2.75, 3.05) is 31.5 Å². The van der Waals surface area contributed by atoms with E-state index in [0.29, 0.717) is 32.1 Å². The van der Waals surface area contributed by atoms with E-state index in [1.807, 2.05) is 24.3 Å². The summed E-state index contributed by atoms with van der Waals surface area (Å²) in [5.41, 5.74) is 2.00. The molecule has 1 fully saturated rings. The highest BCUT2D eigenvalue weighted by Crippen LogP contribution is 2.24. The van der Waals surface area contributed by atoms with Gasteiger partial charge in [-0.1, -0.05) is 32.0 Å². The number of amides is 3. The van der Waals surface area contributed by atoms with Crippen molar-refractivity contribution in [1.82, 2.24) is 9.80 Å². The van der Waals surface area contributed by atoms with Crippen molar-refractivity contribution in [2.45, 2.75) is 19.8 Å². The predicted octanol–water partition coefficient (Wildman–Crippen LogP) is 2.12. The quantitative estimate of drug-likeness (QED) is 0.859. The molecule has 1 saturated heterocycles. The minimum absolute atomic E-state index is 0.0938. The molecule has 0 atom stereocenters. The molecule has 1 aromatic rings. The predicted molar refractivity (Wildman–Crippen MR) is 78.8 cm³/mol. The molecular weight excluding hydrogens is 254 g/mol. The highest BCUT2D eigenvalue weighted by molar-refractivity contribution is 5.90. The third-order valence-corrected chi connectivity index (χ3v) is 3.57. The lowest BCUT2D eigenvalue weighted by Crippen LogP contribution is -2.49. The Morgan fingerprint density at radius 3 is 2.45 bits per heavy atom. The van der Waals surface area contributed by atoms with E-state index >= 15 is 0 Å². The Balaban J connectivity index is 2.00. The molecule has 1 aromatic carbocycles. The Labute approximate surface area is 119 Å². The average Bonchev–Trinajstić information content (AvgIpc) is 2.47. The topological polar surface area (TPSA) is 52.7 Å². The maximum atomic E-state index is 12.2. The fourth-order valence-electron chi connectivity index (χ4n) is 2.34. The van der Waals surface area contributed by atoms with Crippen LogP contribution in [0, 0.1) is 0 Å². The van der Waals surface area contributed by atoms with Gasteiger partial charge in [0.15, 0.2) is 0 Å². The van der Waals surface area contributed by atoms with E-state index in [9.17, 15) is 9.59 Å². The molecular formula is C15H21N3O2. The van der Waals surface area contributed by atoms with Gasteiger partial charge < -0.3 is 15.1 Å². The van der Waals surface area contributed by atoms with Gasteiger partial charge in [0.1, 0.15) is 0 Å². The third kappa shape index (κ3) is 3.29. The van der Waals surface area contributed by atoms with E-state index in [2.05, 4.69) is 19.2 Å². The van der Waals surface area contributed by atoms with Crippen molar-refractivity contribution in [2.24, 2.45) is 0 Å². The summed E-state index contributed by atoms with van der Waals surface area (Å²) in [4.78, 5) is 26.3. The Kier molecular flexibility index (Phi) is 4.61. The van der Waals surface area contributed by atoms with Crippen LogP contribution in [0.1, 0.15) is 25.3 Å². The van der Waals surface area contributed by atoms with E-state index in [0.717, 1.165) is 17.7 Å². The summed E-state index contributed by atoms with van der Waals surface area (Å²) in [6, 6.07) is 7.77. The highest BCUT2D eigenvalue weighted by atomic mass is 16.2. The van der Waals surface area contributed by atoms with E-state index in [4.69, 9.17) is 0 Å². The van der Waals surface area contributed by atoms with Gasteiger partial charge in [-0.05, 0) is 17.5 Å². The number of hydrogen-bond acceptors (Lipinski definition) is 2. The first-order chi connectivity index (χ1) is 9.61. The summed E-state index contributed by atoms with van der Waals surface area (Å²) < 4.78 is 0. The summed E-state index contributed by atoms with van der Waals surface area (Å²) in [5, 5.41) is 2.97. The molecule has 1 heterocycles. The molecule has 1 aliphatic heterocycles. The maximum absolute atomic E-state index is 12.2. The van der Waals surface area contributed by atoms with E-state index in [1.54, 1.807) is 9.80 Å². The van der Waals surface area contributed by atoms with Crippen LogP contribution < -0.4 is 5.32 Å². The van der Waals surface area contributed by atoms with Gasteiger partial charge in [-0.2, -0.15) is 0 Å². The van der Waals surface area contributed by atoms with Gasteiger partial charge in [0.2, 0.25) is 6.41 Å². The normalized spacial score (nSPS) is 15.3. The summed E-state index contributed by atoms with van der Waals surface area (Å²) >= 11 is 0. The Hall–Kier alpha value is -2.04. The molecule has 0 aromatic heterocycles. The van der Waals surface area contributed by atoms with Crippen LogP contribution in [-0.4, -0.2) is 48.4 Å². The fourth-order valence-corrected chi connectivity index (χ4v) is 2.34. The SMILES string of the molecule is CC(C)c1ccccc1NC(=O)N1CCN(C=O)CC1. The summed E-state index contributed by atoms with van der Waals surface area (Å²) in [6.07, 6.45) is 0.837. The van der Waals surface area contributed by atoms with Crippen LogP contribution in [0.15, 0.2) is 24.3 Å². The molecule has 1 N–H and O–H groups in total. The summed E-state index contributed by atoms with van der Waals surface area (Å²) in [7, 11) is 0. The Morgan fingerprint density at radius 2 is 1.85 bits per heavy atom. The smallest absolute Gasteiger partial charge is 0.321 e. The number of piperazine rings is 1. The van der Waals surface area contributed by atoms with Gasteiger partial charge in [-0.3, -0.25) is 4.79 Å². The zero-order valence-electron chi connectivity index (χ0n) is 12.0. The van der Waals surface area contributed by atoms with Crippen LogP contribution >= 0.6 is 0 Å². The molecule has 20 heavy (non-hydrogen) atoms. The highest BCUT2D eigenvalue weighted by Gasteiger charge is 2.20. The number of carbonyl (C=O) groups excluding carboxylic acids is 2. The molecule has 108 valence electrons. The van der Waals surface area contributed by atoms with Crippen molar-refractivity contribution in [3.05, 3.63) is 29.8 Å². The number of hydrogen-bond donors (Lipinski definition) is 1. The van der Waals surface area contributed by atoms with Crippen molar-refractivity contribution in [3.63, 3.8) is 0 Å². The standard InChI is InChI=1S/C15H21N3O2/c1-12(2)13-5-3-4-6-14(13)16-15(20)18-9-7-17(11-19)8-10-18/h3-6,11-12H,7-10H2,1-2H3,(H,16,20). The van der Waals surface area contributed by atoms with Crippen LogP contribution in [0.25, 0.3) is 0 Å². The average molecular weight is 275 g/mol. The number of urea groups is 1. The lowest BCUT2D eigenvalue weighted by molar-refractivity contribution is -0.119. The van der Waals surface area contributed by atoms with Crippen molar-refractivity contribution in [3.8, 4) is 0 Å². The van der Waals surface area contributed by atoms with E-state index in [-0.39, 0.29) is 6.03 Å². The molecule has 5 nitrogen and oxygen atoms in total. The van der Waals surface area contributed by atoms with Crippen molar-refractivity contribution in [1.29, 1.82) is 0 Å². The first-order valence-electron chi connectivity index (χ1n) is 6.96. The van der Waals surface area contributed by atoms with Crippen LogP contribution in [0.2, 0.25) is 0 Å². The molecule has 0 unspecified atom stereocenters. The first-order valence-corrected chi connectivity index (χ1v) is 6.96. The van der Waals surface area contributed by atoms with Crippen LogP contribution in [-0.2, 0) is 4.79 Å². The summed E-state index contributed by atoms with van der Waals surface area (Å²) in [5.74, 6) is 0.360. The van der Waals surface area contributed by atoms with Crippen LogP contribution in [0.5, 0.6) is 0 Å². The molecule has 1 aliphatic rings. The number of nitrogens with one attached hydrogen (secondary N) is 1. The van der Waals surface area contributed by atoms with Gasteiger partial charge in [0.05, 0.1) is 0 Å². The minimum Gasteiger partial charge on any atom is -0.342 e. The largest absolute Gasteiger partial charge is 0.342 e. The maximum Gasteiger partial charge on any atom is 0.321 e. The van der Waals surface area contributed by atoms with E-state index < -0.39 is 0 Å². The minimum atomic E-state index is -0.0938. The van der Waals surface area contributed by atoms with Crippen molar-refractivity contribution < 1.29 is 9.59 Å². The van der Waals surface area contributed by atoms with Crippen molar-refractivity contribution >= 4 is 18.1 Å². The third-order valence-electron chi connectivity index (χ3n) is 3.57. The number of rotatable bonds is 3. The number of nitrogens with zero attached hydrogens (tertiary/aromatic N) is 2. The molecule has 0 bridgehead atoms. The molecule has 2 rings (SSSR count). The van der Waals surface area contributed by atoms with Gasteiger partial charge in [-0.25, -0.2) is 4.79 Å². The zero-order chi connectivity index (χ0) is 14.5. The first kappa shape index (κ1) is 14.4.